The van der Waals surface area contributed by atoms with E-state index in [9.17, 15) is 9.18 Å². The van der Waals surface area contributed by atoms with Crippen LogP contribution in [0.15, 0.2) is 36.7 Å². The largest absolute Gasteiger partial charge is 0.494 e. The number of ether oxygens (including phenoxy) is 1. The molecule has 1 aliphatic rings. The predicted octanol–water partition coefficient (Wildman–Crippen LogP) is 4.00. The first-order chi connectivity index (χ1) is 15.0. The number of hydrogen-bond acceptors (Lipinski definition) is 6. The fourth-order valence-corrected chi connectivity index (χ4v) is 3.68. The van der Waals surface area contributed by atoms with E-state index in [1.807, 2.05) is 6.92 Å². The van der Waals surface area contributed by atoms with Crippen molar-refractivity contribution in [2.45, 2.75) is 13.0 Å². The molecule has 1 aromatic heterocycles. The lowest BCUT2D eigenvalue weighted by atomic mass is 10.1. The van der Waals surface area contributed by atoms with Crippen molar-refractivity contribution in [3.05, 3.63) is 47.5 Å². The molecule has 162 valence electrons. The summed E-state index contributed by atoms with van der Waals surface area (Å²) >= 11 is 5.89. The number of aromatic nitrogens is 2. The van der Waals surface area contributed by atoms with Crippen LogP contribution in [0.5, 0.6) is 5.75 Å². The first-order valence-corrected chi connectivity index (χ1v) is 10.2. The number of anilines is 3. The van der Waals surface area contributed by atoms with Gasteiger partial charge in [0.1, 0.15) is 17.9 Å². The van der Waals surface area contributed by atoms with Gasteiger partial charge < -0.3 is 25.6 Å². The van der Waals surface area contributed by atoms with E-state index < -0.39 is 5.82 Å². The van der Waals surface area contributed by atoms with Crippen molar-refractivity contribution in [2.24, 2.45) is 0 Å². The normalized spacial score (nSPS) is 16.3. The molecule has 1 saturated heterocycles. The second-order valence-electron chi connectivity index (χ2n) is 7.19. The highest BCUT2D eigenvalue weighted by Crippen LogP contribution is 2.34. The number of carbonyl (C=O) groups excluding carboxylic acids is 1. The van der Waals surface area contributed by atoms with Crippen molar-refractivity contribution >= 4 is 45.7 Å². The zero-order valence-corrected chi connectivity index (χ0v) is 17.8. The minimum atomic E-state index is -0.578. The molecule has 10 heteroatoms. The van der Waals surface area contributed by atoms with E-state index in [4.69, 9.17) is 16.3 Å². The number of piperazine rings is 1. The van der Waals surface area contributed by atoms with Gasteiger partial charge in [0.15, 0.2) is 5.82 Å². The zero-order chi connectivity index (χ0) is 22.0. The monoisotopic (exact) mass is 444 g/mol. The Morgan fingerprint density at radius 3 is 2.94 bits per heavy atom. The average Bonchev–Trinajstić information content (AvgIpc) is 2.77. The van der Waals surface area contributed by atoms with Gasteiger partial charge in [-0.2, -0.15) is 0 Å². The molecule has 31 heavy (non-hydrogen) atoms. The van der Waals surface area contributed by atoms with E-state index in [0.717, 1.165) is 13.1 Å². The van der Waals surface area contributed by atoms with Gasteiger partial charge in [-0.3, -0.25) is 0 Å². The number of urea groups is 1. The highest BCUT2D eigenvalue weighted by atomic mass is 35.5. The summed E-state index contributed by atoms with van der Waals surface area (Å²) in [7, 11) is 1.52. The highest BCUT2D eigenvalue weighted by Gasteiger charge is 2.24. The van der Waals surface area contributed by atoms with Crippen LogP contribution in [0.1, 0.15) is 6.92 Å². The van der Waals surface area contributed by atoms with Gasteiger partial charge in [0, 0.05) is 37.1 Å². The molecular weight excluding hydrogens is 423 g/mol. The Balaban J connectivity index is 1.70. The number of carbonyl (C=O) groups is 1. The third-order valence-corrected chi connectivity index (χ3v) is 5.46. The predicted molar refractivity (Wildman–Crippen MR) is 119 cm³/mol. The number of halogens is 2. The maximum Gasteiger partial charge on any atom is 0.322 e. The van der Waals surface area contributed by atoms with Crippen LogP contribution in [0.4, 0.5) is 26.4 Å². The topological polar surface area (TPSA) is 91.4 Å². The molecule has 8 nitrogen and oxygen atoms in total. The summed E-state index contributed by atoms with van der Waals surface area (Å²) in [6, 6.07) is 7.92. The van der Waals surface area contributed by atoms with Gasteiger partial charge in [0.25, 0.3) is 0 Å². The number of amides is 2. The van der Waals surface area contributed by atoms with Gasteiger partial charge >= 0.3 is 6.03 Å². The van der Waals surface area contributed by atoms with E-state index in [1.54, 1.807) is 29.2 Å². The molecule has 3 N–H and O–H groups in total. The maximum atomic E-state index is 14.4. The van der Waals surface area contributed by atoms with Crippen LogP contribution in [-0.4, -0.2) is 53.7 Å². The van der Waals surface area contributed by atoms with Crippen LogP contribution in [-0.2, 0) is 0 Å². The molecule has 0 unspecified atom stereocenters. The smallest absolute Gasteiger partial charge is 0.322 e. The van der Waals surface area contributed by atoms with Crippen molar-refractivity contribution < 1.29 is 13.9 Å². The SMILES string of the molecule is COc1cc2ncnc(Nc3cccc(Cl)c3F)c2cc1NC(=O)N1CCNC[C@H]1C. The lowest BCUT2D eigenvalue weighted by molar-refractivity contribution is 0.177. The summed E-state index contributed by atoms with van der Waals surface area (Å²) < 4.78 is 19.8. The molecule has 2 amide bonds. The third kappa shape index (κ3) is 4.33. The number of methoxy groups -OCH3 is 1. The van der Waals surface area contributed by atoms with Gasteiger partial charge in [0.2, 0.25) is 0 Å². The summed E-state index contributed by atoms with van der Waals surface area (Å²) in [6.45, 7) is 4.06. The molecule has 0 radical (unpaired) electrons. The average molecular weight is 445 g/mol. The first kappa shape index (κ1) is 21.1. The molecule has 0 spiro atoms. The quantitative estimate of drug-likeness (QED) is 0.563. The van der Waals surface area contributed by atoms with E-state index >= 15 is 0 Å². The molecule has 3 aromatic rings. The van der Waals surface area contributed by atoms with E-state index in [-0.39, 0.29) is 22.8 Å². The number of benzene rings is 2. The van der Waals surface area contributed by atoms with Gasteiger partial charge in [-0.05, 0) is 25.1 Å². The minimum absolute atomic E-state index is 0.00289. The molecule has 1 aliphatic heterocycles. The Labute approximate surface area is 183 Å². The summed E-state index contributed by atoms with van der Waals surface area (Å²) in [4.78, 5) is 23.1. The Hall–Kier alpha value is -3.17. The number of fused-ring (bicyclic) bond motifs is 1. The van der Waals surface area contributed by atoms with Crippen LogP contribution in [0.25, 0.3) is 10.9 Å². The summed E-state index contributed by atoms with van der Waals surface area (Å²) in [5.74, 6) is 0.257. The number of hydrogen-bond donors (Lipinski definition) is 3. The highest BCUT2D eigenvalue weighted by molar-refractivity contribution is 6.31. The van der Waals surface area contributed by atoms with Gasteiger partial charge in [-0.15, -0.1) is 0 Å². The van der Waals surface area contributed by atoms with Crippen molar-refractivity contribution in [1.29, 1.82) is 0 Å². The maximum absolute atomic E-state index is 14.4. The zero-order valence-electron chi connectivity index (χ0n) is 17.1. The molecule has 4 rings (SSSR count). The van der Waals surface area contributed by atoms with E-state index in [1.165, 1.54) is 19.5 Å². The van der Waals surface area contributed by atoms with Gasteiger partial charge in [-0.1, -0.05) is 17.7 Å². The van der Waals surface area contributed by atoms with Crippen LogP contribution in [0.3, 0.4) is 0 Å². The molecule has 2 heterocycles. The molecule has 1 fully saturated rings. The van der Waals surface area contributed by atoms with E-state index in [0.29, 0.717) is 34.7 Å². The summed E-state index contributed by atoms with van der Waals surface area (Å²) in [5, 5.41) is 9.73. The van der Waals surface area contributed by atoms with E-state index in [2.05, 4.69) is 25.9 Å². The minimum Gasteiger partial charge on any atom is -0.494 e. The second kappa shape index (κ2) is 8.91. The number of nitrogens with one attached hydrogen (secondary N) is 3. The van der Waals surface area contributed by atoms with Crippen molar-refractivity contribution in [1.82, 2.24) is 20.2 Å². The molecule has 2 aromatic carbocycles. The fraction of sp³-hybridized carbons (Fsp3) is 0.286. The van der Waals surface area contributed by atoms with Gasteiger partial charge in [-0.25, -0.2) is 19.2 Å². The Kier molecular flexibility index (Phi) is 6.06. The molecule has 1 atom stereocenters. The molecule has 0 aliphatic carbocycles. The Morgan fingerprint density at radius 2 is 2.16 bits per heavy atom. The van der Waals surface area contributed by atoms with Crippen LogP contribution < -0.4 is 20.7 Å². The standard InChI is InChI=1S/C21H22ClFN6O2/c1-12-10-24-6-7-29(12)21(30)28-17-8-13-16(9-18(17)31-2)25-11-26-20(13)27-15-5-3-4-14(22)19(15)23/h3-5,8-9,11-12,24H,6-7,10H2,1-2H3,(H,28,30)(H,25,26,27)/t12-/m1/s1. The Bertz CT molecular complexity index is 1130. The van der Waals surface area contributed by atoms with Crippen molar-refractivity contribution in [3.8, 4) is 5.75 Å². The van der Waals surface area contributed by atoms with Gasteiger partial charge in [0.05, 0.1) is 29.0 Å². The first-order valence-electron chi connectivity index (χ1n) is 9.80. The second-order valence-corrected chi connectivity index (χ2v) is 7.60. The van der Waals surface area contributed by atoms with Crippen molar-refractivity contribution in [3.63, 3.8) is 0 Å². The molecular formula is C21H22ClFN6O2. The van der Waals surface area contributed by atoms with Crippen LogP contribution >= 0.6 is 11.6 Å². The Morgan fingerprint density at radius 1 is 1.32 bits per heavy atom. The summed E-state index contributed by atoms with van der Waals surface area (Å²) in [6.07, 6.45) is 1.37. The lowest BCUT2D eigenvalue weighted by Crippen LogP contribution is -2.53. The van der Waals surface area contributed by atoms with Crippen LogP contribution in [0, 0.1) is 5.82 Å². The fourth-order valence-electron chi connectivity index (χ4n) is 3.51. The lowest BCUT2D eigenvalue weighted by Gasteiger charge is -2.34. The third-order valence-electron chi connectivity index (χ3n) is 5.17. The molecule has 0 bridgehead atoms. The van der Waals surface area contributed by atoms with Crippen LogP contribution in [0.2, 0.25) is 5.02 Å². The molecule has 0 saturated carbocycles. The number of nitrogens with zero attached hydrogens (tertiary/aromatic N) is 3. The van der Waals surface area contributed by atoms with Crippen molar-refractivity contribution in [2.75, 3.05) is 37.4 Å². The summed E-state index contributed by atoms with van der Waals surface area (Å²) in [5.41, 5.74) is 1.23. The number of rotatable bonds is 4.